The van der Waals surface area contributed by atoms with Crippen molar-refractivity contribution >= 4 is 6.09 Å². The summed E-state index contributed by atoms with van der Waals surface area (Å²) in [5, 5.41) is 0. The SMILES string of the molecule is CC(C)(C)OC(=O)N1CCCC(N2CCC3(CCC3)C2)C1. The van der Waals surface area contributed by atoms with Crippen molar-refractivity contribution in [1.29, 1.82) is 0 Å². The van der Waals surface area contributed by atoms with Crippen LogP contribution >= 0.6 is 0 Å². The number of ether oxygens (including phenoxy) is 1. The van der Waals surface area contributed by atoms with Gasteiger partial charge in [0.2, 0.25) is 0 Å². The molecule has 2 heterocycles. The Kier molecular flexibility index (Phi) is 3.93. The van der Waals surface area contributed by atoms with Gasteiger partial charge < -0.3 is 9.64 Å². The molecule has 0 aromatic heterocycles. The Bertz CT molecular complexity index is 398. The van der Waals surface area contributed by atoms with Crippen LogP contribution in [0.3, 0.4) is 0 Å². The number of hydrogen-bond acceptors (Lipinski definition) is 3. The first kappa shape index (κ1) is 15.1. The van der Waals surface area contributed by atoms with E-state index in [1.165, 1.54) is 45.2 Å². The van der Waals surface area contributed by atoms with Crippen molar-refractivity contribution in [2.24, 2.45) is 5.41 Å². The zero-order valence-corrected chi connectivity index (χ0v) is 13.9. The molecule has 2 aliphatic heterocycles. The first-order valence-electron chi connectivity index (χ1n) is 8.59. The van der Waals surface area contributed by atoms with Crippen molar-refractivity contribution in [3.8, 4) is 0 Å². The Morgan fingerprint density at radius 1 is 1.14 bits per heavy atom. The second kappa shape index (κ2) is 5.45. The van der Waals surface area contributed by atoms with Crippen LogP contribution in [0.2, 0.25) is 0 Å². The molecule has 1 saturated carbocycles. The quantitative estimate of drug-likeness (QED) is 0.744. The predicted octanol–water partition coefficient (Wildman–Crippen LogP) is 3.26. The standard InChI is InChI=1S/C17H30N2O2/c1-16(2,3)21-15(20)18-10-4-6-14(12-18)19-11-9-17(13-19)7-5-8-17/h14H,4-13H2,1-3H3. The van der Waals surface area contributed by atoms with Gasteiger partial charge in [0.05, 0.1) is 0 Å². The second-order valence-electron chi connectivity index (χ2n) is 8.30. The van der Waals surface area contributed by atoms with Gasteiger partial charge in [-0.3, -0.25) is 4.90 Å². The lowest BCUT2D eigenvalue weighted by Gasteiger charge is -2.41. The van der Waals surface area contributed by atoms with E-state index in [4.69, 9.17) is 4.74 Å². The zero-order valence-electron chi connectivity index (χ0n) is 13.9. The maximum Gasteiger partial charge on any atom is 0.410 e. The van der Waals surface area contributed by atoms with Gasteiger partial charge in [0, 0.05) is 25.7 Å². The summed E-state index contributed by atoms with van der Waals surface area (Å²) in [4.78, 5) is 16.8. The van der Waals surface area contributed by atoms with Gasteiger partial charge in [0.1, 0.15) is 5.60 Å². The number of carbonyl (C=O) groups excluding carboxylic acids is 1. The van der Waals surface area contributed by atoms with E-state index in [0.29, 0.717) is 11.5 Å². The molecule has 4 nitrogen and oxygen atoms in total. The fraction of sp³-hybridized carbons (Fsp3) is 0.941. The third kappa shape index (κ3) is 3.36. The van der Waals surface area contributed by atoms with Gasteiger partial charge in [0.25, 0.3) is 0 Å². The molecule has 120 valence electrons. The summed E-state index contributed by atoms with van der Waals surface area (Å²) in [6, 6.07) is 0.547. The molecule has 0 aromatic carbocycles. The van der Waals surface area contributed by atoms with Crippen LogP contribution in [-0.4, -0.2) is 53.7 Å². The molecule has 1 amide bonds. The van der Waals surface area contributed by atoms with Crippen LogP contribution in [-0.2, 0) is 4.74 Å². The predicted molar refractivity (Wildman–Crippen MR) is 83.3 cm³/mol. The normalized spacial score (nSPS) is 29.5. The van der Waals surface area contributed by atoms with Gasteiger partial charge in [-0.2, -0.15) is 0 Å². The van der Waals surface area contributed by atoms with Crippen molar-refractivity contribution in [1.82, 2.24) is 9.80 Å². The first-order chi connectivity index (χ1) is 9.87. The van der Waals surface area contributed by atoms with Gasteiger partial charge in [-0.05, 0) is 64.8 Å². The van der Waals surface area contributed by atoms with E-state index in [2.05, 4.69) is 4.90 Å². The van der Waals surface area contributed by atoms with E-state index in [0.717, 1.165) is 19.5 Å². The minimum Gasteiger partial charge on any atom is -0.444 e. The van der Waals surface area contributed by atoms with Gasteiger partial charge in [-0.1, -0.05) is 6.42 Å². The molecule has 0 radical (unpaired) electrons. The number of rotatable bonds is 1. The molecule has 0 bridgehead atoms. The van der Waals surface area contributed by atoms with Gasteiger partial charge in [0.15, 0.2) is 0 Å². The van der Waals surface area contributed by atoms with Gasteiger partial charge in [-0.15, -0.1) is 0 Å². The first-order valence-corrected chi connectivity index (χ1v) is 8.59. The van der Waals surface area contributed by atoms with E-state index in [1.807, 2.05) is 25.7 Å². The third-order valence-electron chi connectivity index (χ3n) is 5.45. The topological polar surface area (TPSA) is 32.8 Å². The lowest BCUT2D eigenvalue weighted by Crippen LogP contribution is -2.50. The van der Waals surface area contributed by atoms with Crippen molar-refractivity contribution in [3.63, 3.8) is 0 Å². The summed E-state index contributed by atoms with van der Waals surface area (Å²) >= 11 is 0. The maximum atomic E-state index is 12.3. The third-order valence-corrected chi connectivity index (χ3v) is 5.45. The van der Waals surface area contributed by atoms with Crippen LogP contribution in [0.5, 0.6) is 0 Å². The molecule has 4 heteroatoms. The highest BCUT2D eigenvalue weighted by atomic mass is 16.6. The molecular weight excluding hydrogens is 264 g/mol. The van der Waals surface area contributed by atoms with E-state index < -0.39 is 5.60 Å². The lowest BCUT2D eigenvalue weighted by atomic mass is 9.68. The second-order valence-corrected chi connectivity index (χ2v) is 8.30. The van der Waals surface area contributed by atoms with Gasteiger partial charge >= 0.3 is 6.09 Å². The summed E-state index contributed by atoms with van der Waals surface area (Å²) in [6.45, 7) is 10.0. The van der Waals surface area contributed by atoms with Crippen molar-refractivity contribution in [2.75, 3.05) is 26.2 Å². The maximum absolute atomic E-state index is 12.3. The molecule has 0 N–H and O–H groups in total. The molecule has 2 saturated heterocycles. The minimum atomic E-state index is -0.395. The highest BCUT2D eigenvalue weighted by Crippen LogP contribution is 2.48. The molecular formula is C17H30N2O2. The van der Waals surface area contributed by atoms with E-state index in [1.54, 1.807) is 0 Å². The van der Waals surface area contributed by atoms with Crippen LogP contribution in [0.15, 0.2) is 0 Å². The lowest BCUT2D eigenvalue weighted by molar-refractivity contribution is 0.0106. The Labute approximate surface area is 128 Å². The van der Waals surface area contributed by atoms with Crippen molar-refractivity contribution in [2.45, 2.75) is 70.9 Å². The minimum absolute atomic E-state index is 0.134. The highest BCUT2D eigenvalue weighted by Gasteiger charge is 2.45. The average Bonchev–Trinajstić information content (AvgIpc) is 2.82. The van der Waals surface area contributed by atoms with Crippen molar-refractivity contribution < 1.29 is 9.53 Å². The fourth-order valence-corrected chi connectivity index (χ4v) is 4.11. The summed E-state index contributed by atoms with van der Waals surface area (Å²) in [7, 11) is 0. The van der Waals surface area contributed by atoms with Crippen LogP contribution in [0, 0.1) is 5.41 Å². The Balaban J connectivity index is 1.55. The molecule has 1 unspecified atom stereocenters. The Morgan fingerprint density at radius 2 is 1.90 bits per heavy atom. The summed E-state index contributed by atoms with van der Waals surface area (Å²) < 4.78 is 5.53. The highest BCUT2D eigenvalue weighted by molar-refractivity contribution is 5.68. The molecule has 3 fully saturated rings. The summed E-state index contributed by atoms with van der Waals surface area (Å²) in [5.74, 6) is 0. The van der Waals surface area contributed by atoms with Crippen molar-refractivity contribution in [3.05, 3.63) is 0 Å². The molecule has 0 aromatic rings. The van der Waals surface area contributed by atoms with Crippen LogP contribution < -0.4 is 0 Å². The molecule has 3 rings (SSSR count). The number of amides is 1. The Hall–Kier alpha value is -0.770. The number of carbonyl (C=O) groups is 1. The number of hydrogen-bond donors (Lipinski definition) is 0. The molecule has 1 spiro atoms. The van der Waals surface area contributed by atoms with E-state index >= 15 is 0 Å². The number of likely N-dealkylation sites (tertiary alicyclic amines) is 2. The number of nitrogens with zero attached hydrogens (tertiary/aromatic N) is 2. The van der Waals surface area contributed by atoms with Crippen LogP contribution in [0.1, 0.15) is 59.3 Å². The monoisotopic (exact) mass is 294 g/mol. The summed E-state index contributed by atoms with van der Waals surface area (Å²) in [5.41, 5.74) is 0.252. The molecule has 1 aliphatic carbocycles. The molecule has 21 heavy (non-hydrogen) atoms. The van der Waals surface area contributed by atoms with E-state index in [-0.39, 0.29) is 6.09 Å². The average molecular weight is 294 g/mol. The van der Waals surface area contributed by atoms with E-state index in [9.17, 15) is 4.79 Å². The molecule has 1 atom stereocenters. The largest absolute Gasteiger partial charge is 0.444 e. The fourth-order valence-electron chi connectivity index (χ4n) is 4.11. The van der Waals surface area contributed by atoms with Crippen LogP contribution in [0.4, 0.5) is 4.79 Å². The van der Waals surface area contributed by atoms with Crippen LogP contribution in [0.25, 0.3) is 0 Å². The van der Waals surface area contributed by atoms with Gasteiger partial charge in [-0.25, -0.2) is 4.79 Å². The smallest absolute Gasteiger partial charge is 0.410 e. The number of piperidine rings is 1. The molecule has 3 aliphatic rings. The zero-order chi connectivity index (χ0) is 15.1. The summed E-state index contributed by atoms with van der Waals surface area (Å²) in [6.07, 6.45) is 7.84. The Morgan fingerprint density at radius 3 is 2.48 bits per heavy atom.